The van der Waals surface area contributed by atoms with Crippen molar-refractivity contribution in [2.75, 3.05) is 30.2 Å². The fourth-order valence-corrected chi connectivity index (χ4v) is 4.45. The molecule has 1 saturated heterocycles. The number of anilines is 2. The lowest BCUT2D eigenvalue weighted by molar-refractivity contribution is -0.126. The zero-order chi connectivity index (χ0) is 26.6. The van der Waals surface area contributed by atoms with E-state index in [4.69, 9.17) is 14.2 Å². The Kier molecular flexibility index (Phi) is 7.17. The molecule has 0 spiro atoms. The van der Waals surface area contributed by atoms with Gasteiger partial charge in [-0.25, -0.2) is 0 Å². The van der Waals surface area contributed by atoms with Crippen LogP contribution < -0.4 is 29.7 Å². The fourth-order valence-electron chi connectivity index (χ4n) is 4.45. The van der Waals surface area contributed by atoms with Crippen molar-refractivity contribution in [3.63, 3.8) is 0 Å². The zero-order valence-electron chi connectivity index (χ0n) is 21.3. The van der Waals surface area contributed by atoms with Gasteiger partial charge in [0, 0.05) is 30.9 Å². The summed E-state index contributed by atoms with van der Waals surface area (Å²) < 4.78 is 16.3. The fraction of sp³-hybridized carbons (Fsp3) is 0.276. The number of hydrogen-bond donors (Lipinski definition) is 2. The van der Waals surface area contributed by atoms with Crippen LogP contribution in [0, 0.1) is 19.8 Å². The summed E-state index contributed by atoms with van der Waals surface area (Å²) in [5, 5.41) is 5.78. The van der Waals surface area contributed by atoms with Crippen LogP contribution in [0.2, 0.25) is 0 Å². The van der Waals surface area contributed by atoms with Crippen LogP contribution >= 0.6 is 0 Å². The Labute approximate surface area is 220 Å². The van der Waals surface area contributed by atoms with E-state index < -0.39 is 5.92 Å². The number of amides is 3. The molecule has 2 N–H and O–H groups in total. The minimum Gasteiger partial charge on any atom is -0.484 e. The van der Waals surface area contributed by atoms with Crippen molar-refractivity contribution in [3.05, 3.63) is 77.4 Å². The van der Waals surface area contributed by atoms with Crippen LogP contribution in [0.1, 0.15) is 23.1 Å². The predicted molar refractivity (Wildman–Crippen MR) is 141 cm³/mol. The van der Waals surface area contributed by atoms with Crippen molar-refractivity contribution in [3.8, 4) is 17.2 Å². The summed E-state index contributed by atoms with van der Waals surface area (Å²) in [7, 11) is 0. The molecule has 0 aromatic heterocycles. The molecule has 38 heavy (non-hydrogen) atoms. The van der Waals surface area contributed by atoms with Crippen molar-refractivity contribution < 1.29 is 28.6 Å². The highest BCUT2D eigenvalue weighted by molar-refractivity contribution is 6.00. The molecule has 3 aromatic carbocycles. The van der Waals surface area contributed by atoms with Crippen LogP contribution in [-0.2, 0) is 20.9 Å². The predicted octanol–water partition coefficient (Wildman–Crippen LogP) is 3.72. The number of aryl methyl sites for hydroxylation is 2. The largest absolute Gasteiger partial charge is 0.484 e. The Bertz CT molecular complexity index is 1370. The van der Waals surface area contributed by atoms with E-state index >= 15 is 0 Å². The lowest BCUT2D eigenvalue weighted by Gasteiger charge is -2.17. The Morgan fingerprint density at radius 2 is 1.79 bits per heavy atom. The molecule has 2 aliphatic heterocycles. The van der Waals surface area contributed by atoms with Gasteiger partial charge in [-0.1, -0.05) is 18.2 Å². The minimum atomic E-state index is -0.443. The Morgan fingerprint density at radius 1 is 1.00 bits per heavy atom. The van der Waals surface area contributed by atoms with Crippen LogP contribution in [-0.4, -0.2) is 37.7 Å². The number of benzene rings is 3. The molecule has 1 fully saturated rings. The molecule has 2 heterocycles. The number of carbonyl (C=O) groups excluding carboxylic acids is 3. The van der Waals surface area contributed by atoms with E-state index in [0.29, 0.717) is 36.0 Å². The average Bonchev–Trinajstić information content (AvgIpc) is 3.54. The third-order valence-corrected chi connectivity index (χ3v) is 6.59. The number of fused-ring (bicyclic) bond motifs is 1. The molecule has 196 valence electrons. The molecule has 0 aliphatic carbocycles. The quantitative estimate of drug-likeness (QED) is 0.474. The van der Waals surface area contributed by atoms with Crippen molar-refractivity contribution in [1.82, 2.24) is 5.32 Å². The Balaban J connectivity index is 1.11. The molecule has 0 unspecified atom stereocenters. The number of ether oxygens (including phenoxy) is 3. The lowest BCUT2D eigenvalue weighted by atomic mass is 10.1. The smallest absolute Gasteiger partial charge is 0.262 e. The summed E-state index contributed by atoms with van der Waals surface area (Å²) in [5.41, 5.74) is 4.36. The molecule has 0 saturated carbocycles. The Hall–Kier alpha value is -4.53. The first-order chi connectivity index (χ1) is 18.4. The van der Waals surface area contributed by atoms with Gasteiger partial charge in [0.25, 0.3) is 5.91 Å². The van der Waals surface area contributed by atoms with Crippen molar-refractivity contribution in [1.29, 1.82) is 0 Å². The van der Waals surface area contributed by atoms with Gasteiger partial charge in [0.1, 0.15) is 5.75 Å². The van der Waals surface area contributed by atoms with Crippen LogP contribution in [0.3, 0.4) is 0 Å². The molecular formula is C29H29N3O6. The maximum atomic E-state index is 12.7. The average molecular weight is 516 g/mol. The number of rotatable bonds is 8. The molecule has 9 nitrogen and oxygen atoms in total. The molecule has 3 aromatic rings. The van der Waals surface area contributed by atoms with Gasteiger partial charge in [-0.15, -0.1) is 0 Å². The lowest BCUT2D eigenvalue weighted by Crippen LogP contribution is -2.32. The summed E-state index contributed by atoms with van der Waals surface area (Å²) in [5.74, 6) is 0.869. The second-order valence-electron chi connectivity index (χ2n) is 9.46. The van der Waals surface area contributed by atoms with E-state index in [1.807, 2.05) is 50.2 Å². The number of nitrogens with one attached hydrogen (secondary N) is 2. The van der Waals surface area contributed by atoms with Gasteiger partial charge >= 0.3 is 0 Å². The third kappa shape index (κ3) is 5.72. The van der Waals surface area contributed by atoms with Gasteiger partial charge in [-0.2, -0.15) is 0 Å². The molecule has 3 amide bonds. The topological polar surface area (TPSA) is 106 Å². The molecule has 0 bridgehead atoms. The molecule has 5 rings (SSSR count). The summed E-state index contributed by atoms with van der Waals surface area (Å²) in [6.45, 7) is 4.59. The van der Waals surface area contributed by atoms with Crippen LogP contribution in [0.5, 0.6) is 17.2 Å². The van der Waals surface area contributed by atoms with E-state index in [-0.39, 0.29) is 37.5 Å². The van der Waals surface area contributed by atoms with Gasteiger partial charge in [0.2, 0.25) is 18.6 Å². The molecular weight excluding hydrogens is 486 g/mol. The molecule has 9 heteroatoms. The van der Waals surface area contributed by atoms with Crippen molar-refractivity contribution in [2.45, 2.75) is 26.8 Å². The highest BCUT2D eigenvalue weighted by atomic mass is 16.7. The molecule has 2 aliphatic rings. The second kappa shape index (κ2) is 10.8. The van der Waals surface area contributed by atoms with E-state index in [0.717, 1.165) is 22.4 Å². The van der Waals surface area contributed by atoms with Crippen LogP contribution in [0.4, 0.5) is 11.4 Å². The van der Waals surface area contributed by atoms with Crippen molar-refractivity contribution >= 4 is 29.1 Å². The molecule has 1 atom stereocenters. The Morgan fingerprint density at radius 3 is 2.61 bits per heavy atom. The monoisotopic (exact) mass is 515 g/mol. The van der Waals surface area contributed by atoms with Gasteiger partial charge in [0.05, 0.1) is 5.92 Å². The molecule has 0 radical (unpaired) electrons. The van der Waals surface area contributed by atoms with E-state index in [1.165, 1.54) is 0 Å². The first-order valence-electron chi connectivity index (χ1n) is 12.4. The second-order valence-corrected chi connectivity index (χ2v) is 9.46. The normalized spacial score (nSPS) is 15.9. The maximum Gasteiger partial charge on any atom is 0.262 e. The van der Waals surface area contributed by atoms with E-state index in [9.17, 15) is 14.4 Å². The summed E-state index contributed by atoms with van der Waals surface area (Å²) in [6, 6.07) is 18.3. The van der Waals surface area contributed by atoms with Gasteiger partial charge in [-0.3, -0.25) is 14.4 Å². The summed E-state index contributed by atoms with van der Waals surface area (Å²) in [4.78, 5) is 39.3. The first kappa shape index (κ1) is 25.1. The SMILES string of the molecule is Cc1ccc(C)c(NC(=O)COc2ccc(N3C[C@H](C(=O)NCc4ccc5c(c4)OCO5)CC3=O)cc2)c1. The van der Waals surface area contributed by atoms with Gasteiger partial charge in [0.15, 0.2) is 18.1 Å². The van der Waals surface area contributed by atoms with Crippen LogP contribution in [0.15, 0.2) is 60.7 Å². The first-order valence-corrected chi connectivity index (χ1v) is 12.4. The highest BCUT2D eigenvalue weighted by Crippen LogP contribution is 2.32. The van der Waals surface area contributed by atoms with Gasteiger partial charge < -0.3 is 29.7 Å². The number of carbonyl (C=O) groups is 3. The number of hydrogen-bond acceptors (Lipinski definition) is 6. The highest BCUT2D eigenvalue weighted by Gasteiger charge is 2.35. The van der Waals surface area contributed by atoms with Gasteiger partial charge in [-0.05, 0) is 73.0 Å². The van der Waals surface area contributed by atoms with Crippen molar-refractivity contribution in [2.24, 2.45) is 5.92 Å². The maximum absolute atomic E-state index is 12.7. The van der Waals surface area contributed by atoms with E-state index in [1.54, 1.807) is 29.2 Å². The summed E-state index contributed by atoms with van der Waals surface area (Å²) >= 11 is 0. The van der Waals surface area contributed by atoms with Crippen LogP contribution in [0.25, 0.3) is 0 Å². The number of nitrogens with zero attached hydrogens (tertiary/aromatic N) is 1. The third-order valence-electron chi connectivity index (χ3n) is 6.59. The van der Waals surface area contributed by atoms with E-state index in [2.05, 4.69) is 10.6 Å². The minimum absolute atomic E-state index is 0.116. The standard InChI is InChI=1S/C29H29N3O6/c1-18-3-4-19(2)24(11-18)31-27(33)16-36-23-8-6-22(7-9-23)32-15-21(13-28(32)34)29(35)30-14-20-5-10-25-26(12-20)38-17-37-25/h3-12,21H,13-17H2,1-2H3,(H,30,35)(H,31,33)/t21-/m1/s1. The zero-order valence-corrected chi connectivity index (χ0v) is 21.3. The summed E-state index contributed by atoms with van der Waals surface area (Å²) in [6.07, 6.45) is 0.143.